The van der Waals surface area contributed by atoms with E-state index in [2.05, 4.69) is 42.0 Å². The van der Waals surface area contributed by atoms with Crippen LogP contribution >= 0.6 is 0 Å². The van der Waals surface area contributed by atoms with Crippen LogP contribution in [-0.4, -0.2) is 54.7 Å². The van der Waals surface area contributed by atoms with Gasteiger partial charge in [-0.25, -0.2) is 4.98 Å². The van der Waals surface area contributed by atoms with E-state index < -0.39 is 0 Å². The first-order chi connectivity index (χ1) is 12.3. The number of nitrogens with one attached hydrogen (secondary N) is 1. The molecule has 0 aliphatic carbocycles. The largest absolute Gasteiger partial charge is 0.422 e. The third kappa shape index (κ3) is 3.39. The van der Waals surface area contributed by atoms with E-state index in [0.29, 0.717) is 11.7 Å². The van der Waals surface area contributed by atoms with Crippen LogP contribution in [0.1, 0.15) is 31.5 Å². The SMILES string of the molecule is CCN1CCC[C@@H](c2nccn2-c2ccc(Oc3nn[nH]n3)cc2)C1. The standard InChI is InChI=1S/C17H21N7O/c1-2-23-10-3-4-13(12-23)16-18-9-11-24(16)14-5-7-15(8-6-14)25-17-19-21-22-20-17/h5-9,11,13H,2-4,10,12H2,1H3,(H,19,20,21,22)/t13-/m1/s1. The number of likely N-dealkylation sites (tertiary alicyclic amines) is 1. The van der Waals surface area contributed by atoms with Crippen LogP contribution in [0.2, 0.25) is 0 Å². The number of H-pyrrole nitrogens is 1. The summed E-state index contributed by atoms with van der Waals surface area (Å²) in [4.78, 5) is 7.14. The van der Waals surface area contributed by atoms with E-state index in [1.807, 2.05) is 36.7 Å². The van der Waals surface area contributed by atoms with Crippen LogP contribution in [0.4, 0.5) is 0 Å². The molecule has 1 aromatic carbocycles. The molecule has 8 heteroatoms. The van der Waals surface area contributed by atoms with Crippen LogP contribution in [0, 0.1) is 0 Å². The van der Waals surface area contributed by atoms with Crippen molar-refractivity contribution in [1.29, 1.82) is 0 Å². The van der Waals surface area contributed by atoms with E-state index in [9.17, 15) is 0 Å². The molecule has 1 N–H and O–H groups in total. The summed E-state index contributed by atoms with van der Waals surface area (Å²) < 4.78 is 7.69. The topological polar surface area (TPSA) is 84.8 Å². The summed E-state index contributed by atoms with van der Waals surface area (Å²) in [5.41, 5.74) is 1.07. The van der Waals surface area contributed by atoms with Gasteiger partial charge in [0.1, 0.15) is 11.6 Å². The highest BCUT2D eigenvalue weighted by Gasteiger charge is 2.24. The van der Waals surface area contributed by atoms with E-state index in [0.717, 1.165) is 24.6 Å². The first-order valence-electron chi connectivity index (χ1n) is 8.61. The van der Waals surface area contributed by atoms with Crippen LogP contribution < -0.4 is 4.74 Å². The zero-order valence-corrected chi connectivity index (χ0v) is 14.2. The quantitative estimate of drug-likeness (QED) is 0.768. The highest BCUT2D eigenvalue weighted by Crippen LogP contribution is 2.28. The maximum absolute atomic E-state index is 5.52. The molecule has 1 fully saturated rings. The second-order valence-corrected chi connectivity index (χ2v) is 6.18. The molecule has 0 spiro atoms. The predicted octanol–water partition coefficient (Wildman–Crippen LogP) is 2.38. The first-order valence-corrected chi connectivity index (χ1v) is 8.61. The fourth-order valence-corrected chi connectivity index (χ4v) is 3.36. The van der Waals surface area contributed by atoms with E-state index in [-0.39, 0.29) is 6.01 Å². The third-order valence-corrected chi connectivity index (χ3v) is 4.64. The lowest BCUT2D eigenvalue weighted by molar-refractivity contribution is 0.213. The Morgan fingerprint density at radius 1 is 1.28 bits per heavy atom. The Hall–Kier alpha value is -2.74. The number of imidazole rings is 1. The zero-order valence-electron chi connectivity index (χ0n) is 14.2. The predicted molar refractivity (Wildman–Crippen MR) is 91.9 cm³/mol. The van der Waals surface area contributed by atoms with Crippen LogP contribution in [0.25, 0.3) is 5.69 Å². The summed E-state index contributed by atoms with van der Waals surface area (Å²) in [6.07, 6.45) is 6.31. The van der Waals surface area contributed by atoms with Gasteiger partial charge in [0.05, 0.1) is 0 Å². The summed E-state index contributed by atoms with van der Waals surface area (Å²) >= 11 is 0. The number of hydrogen-bond acceptors (Lipinski definition) is 6. The van der Waals surface area contributed by atoms with Gasteiger partial charge in [0.2, 0.25) is 0 Å². The van der Waals surface area contributed by atoms with Crippen molar-refractivity contribution in [3.05, 3.63) is 42.5 Å². The molecule has 1 saturated heterocycles. The molecule has 0 unspecified atom stereocenters. The maximum Gasteiger partial charge on any atom is 0.361 e. The minimum Gasteiger partial charge on any atom is -0.422 e. The molecule has 3 aromatic rings. The molecule has 0 saturated carbocycles. The fourth-order valence-electron chi connectivity index (χ4n) is 3.36. The Kier molecular flexibility index (Phi) is 4.43. The second-order valence-electron chi connectivity index (χ2n) is 6.18. The lowest BCUT2D eigenvalue weighted by Gasteiger charge is -2.31. The lowest BCUT2D eigenvalue weighted by atomic mass is 9.97. The van der Waals surface area contributed by atoms with Crippen molar-refractivity contribution >= 4 is 0 Å². The van der Waals surface area contributed by atoms with Crippen molar-refractivity contribution in [2.45, 2.75) is 25.7 Å². The first kappa shape index (κ1) is 15.8. The minimum absolute atomic E-state index is 0.206. The Balaban J connectivity index is 1.53. The molecule has 0 amide bonds. The van der Waals surface area contributed by atoms with Crippen molar-refractivity contribution in [3.8, 4) is 17.4 Å². The van der Waals surface area contributed by atoms with Gasteiger partial charge in [0, 0.05) is 30.5 Å². The molecule has 25 heavy (non-hydrogen) atoms. The average molecular weight is 339 g/mol. The van der Waals surface area contributed by atoms with Crippen LogP contribution in [0.15, 0.2) is 36.7 Å². The van der Waals surface area contributed by atoms with Gasteiger partial charge in [-0.3, -0.25) is 0 Å². The van der Waals surface area contributed by atoms with Crippen molar-refractivity contribution in [2.24, 2.45) is 0 Å². The van der Waals surface area contributed by atoms with Gasteiger partial charge >= 0.3 is 6.01 Å². The number of hydrogen-bond donors (Lipinski definition) is 1. The highest BCUT2D eigenvalue weighted by atomic mass is 16.5. The maximum atomic E-state index is 5.52. The minimum atomic E-state index is 0.206. The molecule has 1 atom stereocenters. The lowest BCUT2D eigenvalue weighted by Crippen LogP contribution is -2.35. The van der Waals surface area contributed by atoms with Gasteiger partial charge in [-0.05, 0) is 55.4 Å². The normalized spacial score (nSPS) is 18.4. The summed E-state index contributed by atoms with van der Waals surface area (Å²) in [5.74, 6) is 2.27. The molecule has 0 radical (unpaired) electrons. The van der Waals surface area contributed by atoms with Gasteiger partial charge in [-0.15, -0.1) is 0 Å². The number of nitrogens with zero attached hydrogens (tertiary/aromatic N) is 6. The van der Waals surface area contributed by atoms with Crippen molar-refractivity contribution in [2.75, 3.05) is 19.6 Å². The van der Waals surface area contributed by atoms with Gasteiger partial charge in [-0.1, -0.05) is 17.1 Å². The van der Waals surface area contributed by atoms with Gasteiger partial charge < -0.3 is 14.2 Å². The summed E-state index contributed by atoms with van der Waals surface area (Å²) in [6, 6.07) is 8.03. The van der Waals surface area contributed by atoms with Crippen molar-refractivity contribution in [1.82, 2.24) is 35.1 Å². The Morgan fingerprint density at radius 3 is 2.92 bits per heavy atom. The molecule has 130 valence electrons. The molecule has 1 aliphatic heterocycles. The van der Waals surface area contributed by atoms with Crippen LogP contribution in [0.3, 0.4) is 0 Å². The van der Waals surface area contributed by atoms with Gasteiger partial charge in [0.25, 0.3) is 0 Å². The molecular formula is C17H21N7O. The zero-order chi connectivity index (χ0) is 17.1. The molecule has 3 heterocycles. The average Bonchev–Trinajstić information content (AvgIpc) is 3.34. The molecule has 4 rings (SSSR count). The number of benzene rings is 1. The van der Waals surface area contributed by atoms with E-state index in [4.69, 9.17) is 4.74 Å². The summed E-state index contributed by atoms with van der Waals surface area (Å²) in [6.45, 7) is 5.58. The Bertz CT molecular complexity index is 797. The number of ether oxygens (including phenoxy) is 1. The fraction of sp³-hybridized carbons (Fsp3) is 0.412. The number of rotatable bonds is 5. The van der Waals surface area contributed by atoms with Crippen LogP contribution in [-0.2, 0) is 0 Å². The Labute approximate surface area is 145 Å². The van der Waals surface area contributed by atoms with E-state index >= 15 is 0 Å². The number of piperidine rings is 1. The van der Waals surface area contributed by atoms with Crippen molar-refractivity contribution in [3.63, 3.8) is 0 Å². The molecular weight excluding hydrogens is 318 g/mol. The van der Waals surface area contributed by atoms with E-state index in [1.54, 1.807) is 0 Å². The van der Waals surface area contributed by atoms with Gasteiger partial charge in [-0.2, -0.15) is 5.21 Å². The number of tetrazole rings is 1. The summed E-state index contributed by atoms with van der Waals surface area (Å²) in [7, 11) is 0. The van der Waals surface area contributed by atoms with Crippen LogP contribution in [0.5, 0.6) is 11.8 Å². The number of likely N-dealkylation sites (N-methyl/N-ethyl adjacent to an activating group) is 1. The second kappa shape index (κ2) is 7.02. The number of aromatic nitrogens is 6. The van der Waals surface area contributed by atoms with E-state index in [1.165, 1.54) is 19.4 Å². The molecule has 2 aromatic heterocycles. The third-order valence-electron chi connectivity index (χ3n) is 4.64. The monoisotopic (exact) mass is 339 g/mol. The number of aromatic amines is 1. The molecule has 0 bridgehead atoms. The molecule has 8 nitrogen and oxygen atoms in total. The smallest absolute Gasteiger partial charge is 0.361 e. The van der Waals surface area contributed by atoms with Crippen molar-refractivity contribution < 1.29 is 4.74 Å². The van der Waals surface area contributed by atoms with Gasteiger partial charge in [0.15, 0.2) is 0 Å². The molecule has 1 aliphatic rings. The highest BCUT2D eigenvalue weighted by molar-refractivity contribution is 5.39. The summed E-state index contributed by atoms with van der Waals surface area (Å²) in [5, 5.41) is 13.4. The Morgan fingerprint density at radius 2 is 2.16 bits per heavy atom.